The lowest BCUT2D eigenvalue weighted by Gasteiger charge is -2.26. The van der Waals surface area contributed by atoms with Crippen molar-refractivity contribution in [3.63, 3.8) is 0 Å². The predicted octanol–water partition coefficient (Wildman–Crippen LogP) is 1.48. The highest BCUT2D eigenvalue weighted by Gasteiger charge is 2.28. The fraction of sp³-hybridized carbons (Fsp3) is 0.500. The summed E-state index contributed by atoms with van der Waals surface area (Å²) in [7, 11) is -3.68. The molecular formula is C16H20N2O5S. The van der Waals surface area contributed by atoms with Crippen LogP contribution in [0.25, 0.3) is 0 Å². The number of benzene rings is 1. The van der Waals surface area contributed by atoms with Crippen molar-refractivity contribution in [2.75, 3.05) is 32.9 Å². The second-order valence-electron chi connectivity index (χ2n) is 5.39. The third kappa shape index (κ3) is 4.32. The number of carbonyl (C=O) groups excluding carboxylic acids is 1. The molecule has 0 aromatic heterocycles. The van der Waals surface area contributed by atoms with Crippen LogP contribution >= 0.6 is 0 Å². The smallest absolute Gasteiger partial charge is 0.338 e. The fourth-order valence-corrected chi connectivity index (χ4v) is 3.99. The molecule has 1 aliphatic heterocycles. The highest BCUT2D eigenvalue weighted by atomic mass is 32.2. The van der Waals surface area contributed by atoms with E-state index in [2.05, 4.69) is 0 Å². The standard InChI is InChI=1S/C16H20N2O5S/c1-13-4-5-14(16(19)23-9-3-2-6-17)12-15(13)24(20,21)18-7-10-22-11-8-18/h4-5,12H,2-3,7-11H2,1H3. The molecule has 1 heterocycles. The van der Waals surface area contributed by atoms with Gasteiger partial charge in [-0.3, -0.25) is 0 Å². The number of hydrogen-bond donors (Lipinski definition) is 0. The van der Waals surface area contributed by atoms with Gasteiger partial charge in [0.25, 0.3) is 0 Å². The molecular weight excluding hydrogens is 332 g/mol. The number of aryl methyl sites for hydroxylation is 1. The molecule has 1 saturated heterocycles. The summed E-state index contributed by atoms with van der Waals surface area (Å²) >= 11 is 0. The van der Waals surface area contributed by atoms with Crippen molar-refractivity contribution in [2.24, 2.45) is 0 Å². The first-order valence-electron chi connectivity index (χ1n) is 7.69. The van der Waals surface area contributed by atoms with E-state index in [4.69, 9.17) is 14.7 Å². The molecule has 1 fully saturated rings. The number of unbranched alkanes of at least 4 members (excludes halogenated alkanes) is 1. The highest BCUT2D eigenvalue weighted by molar-refractivity contribution is 7.89. The summed E-state index contributed by atoms with van der Waals surface area (Å²) in [6.45, 7) is 3.13. The van der Waals surface area contributed by atoms with Gasteiger partial charge in [-0.05, 0) is 31.0 Å². The number of esters is 1. The van der Waals surface area contributed by atoms with Crippen molar-refractivity contribution < 1.29 is 22.7 Å². The topological polar surface area (TPSA) is 96.7 Å². The predicted molar refractivity (Wildman–Crippen MR) is 85.9 cm³/mol. The molecule has 1 aromatic carbocycles. The van der Waals surface area contributed by atoms with Crippen LogP contribution < -0.4 is 0 Å². The van der Waals surface area contributed by atoms with E-state index in [1.165, 1.54) is 10.4 Å². The summed E-state index contributed by atoms with van der Waals surface area (Å²) in [5.41, 5.74) is 0.756. The summed E-state index contributed by atoms with van der Waals surface area (Å²) in [5.74, 6) is -0.591. The number of nitrogens with zero attached hydrogens (tertiary/aromatic N) is 2. The molecule has 1 aliphatic rings. The first kappa shape index (κ1) is 18.4. The molecule has 0 spiro atoms. The number of morpholine rings is 1. The lowest BCUT2D eigenvalue weighted by Crippen LogP contribution is -2.40. The quantitative estimate of drug-likeness (QED) is 0.568. The van der Waals surface area contributed by atoms with E-state index in [0.717, 1.165) is 0 Å². The van der Waals surface area contributed by atoms with Gasteiger partial charge < -0.3 is 9.47 Å². The molecule has 130 valence electrons. The van der Waals surface area contributed by atoms with E-state index in [9.17, 15) is 13.2 Å². The van der Waals surface area contributed by atoms with Gasteiger partial charge in [0.15, 0.2) is 0 Å². The second-order valence-corrected chi connectivity index (χ2v) is 7.30. The van der Waals surface area contributed by atoms with Crippen LogP contribution in [0.1, 0.15) is 28.8 Å². The Morgan fingerprint density at radius 3 is 2.75 bits per heavy atom. The molecule has 0 N–H and O–H groups in total. The normalized spacial score (nSPS) is 15.7. The van der Waals surface area contributed by atoms with Crippen LogP contribution in [0.4, 0.5) is 0 Å². The molecule has 0 amide bonds. The molecule has 8 heteroatoms. The Kier molecular flexibility index (Phi) is 6.31. The van der Waals surface area contributed by atoms with Crippen LogP contribution in [0.2, 0.25) is 0 Å². The number of rotatable bonds is 6. The minimum Gasteiger partial charge on any atom is -0.462 e. The monoisotopic (exact) mass is 352 g/mol. The fourth-order valence-electron chi connectivity index (χ4n) is 2.33. The summed E-state index contributed by atoms with van der Waals surface area (Å²) in [5, 5.41) is 8.46. The highest BCUT2D eigenvalue weighted by Crippen LogP contribution is 2.22. The first-order chi connectivity index (χ1) is 11.5. The molecule has 1 aromatic rings. The summed E-state index contributed by atoms with van der Waals surface area (Å²) in [6, 6.07) is 6.46. The Balaban J connectivity index is 2.19. The largest absolute Gasteiger partial charge is 0.462 e. The molecule has 24 heavy (non-hydrogen) atoms. The Morgan fingerprint density at radius 1 is 1.38 bits per heavy atom. The van der Waals surface area contributed by atoms with Gasteiger partial charge in [-0.25, -0.2) is 13.2 Å². The lowest BCUT2D eigenvalue weighted by molar-refractivity contribution is 0.0501. The average Bonchev–Trinajstić information content (AvgIpc) is 2.59. The van der Waals surface area contributed by atoms with Crippen LogP contribution in [-0.4, -0.2) is 51.6 Å². The van der Waals surface area contributed by atoms with Crippen LogP contribution in [0, 0.1) is 18.3 Å². The zero-order valence-electron chi connectivity index (χ0n) is 13.5. The molecule has 2 rings (SSSR count). The van der Waals surface area contributed by atoms with Gasteiger partial charge in [-0.15, -0.1) is 0 Å². The van der Waals surface area contributed by atoms with E-state index in [0.29, 0.717) is 44.7 Å². The Bertz CT molecular complexity index is 733. The zero-order valence-corrected chi connectivity index (χ0v) is 14.3. The maximum Gasteiger partial charge on any atom is 0.338 e. The van der Waals surface area contributed by atoms with E-state index in [1.807, 2.05) is 6.07 Å². The number of nitriles is 1. The number of sulfonamides is 1. The minimum atomic E-state index is -3.68. The van der Waals surface area contributed by atoms with Crippen LogP contribution in [0.3, 0.4) is 0 Å². The SMILES string of the molecule is Cc1ccc(C(=O)OCCCC#N)cc1S(=O)(=O)N1CCOCC1. The number of ether oxygens (including phenoxy) is 2. The van der Waals surface area contributed by atoms with Crippen molar-refractivity contribution in [2.45, 2.75) is 24.7 Å². The molecule has 0 atom stereocenters. The summed E-state index contributed by atoms with van der Waals surface area (Å²) < 4.78 is 37.1. The van der Waals surface area contributed by atoms with E-state index in [-0.39, 0.29) is 17.1 Å². The molecule has 0 unspecified atom stereocenters. The zero-order chi connectivity index (χ0) is 17.6. The minimum absolute atomic E-state index is 0.107. The van der Waals surface area contributed by atoms with Gasteiger partial charge in [-0.2, -0.15) is 9.57 Å². The van der Waals surface area contributed by atoms with Gasteiger partial charge in [0.05, 0.1) is 36.3 Å². The molecule has 0 bridgehead atoms. The number of carbonyl (C=O) groups is 1. The Morgan fingerprint density at radius 2 is 2.08 bits per heavy atom. The third-order valence-corrected chi connectivity index (χ3v) is 5.72. The third-order valence-electron chi connectivity index (χ3n) is 3.68. The Hall–Kier alpha value is -1.95. The van der Waals surface area contributed by atoms with Crippen molar-refractivity contribution in [3.8, 4) is 6.07 Å². The Labute approximate surface area is 141 Å². The van der Waals surface area contributed by atoms with Gasteiger partial charge in [0.2, 0.25) is 10.0 Å². The van der Waals surface area contributed by atoms with Crippen molar-refractivity contribution in [1.29, 1.82) is 5.26 Å². The van der Waals surface area contributed by atoms with Crippen LogP contribution in [0.5, 0.6) is 0 Å². The maximum atomic E-state index is 12.8. The van der Waals surface area contributed by atoms with Crippen LogP contribution in [-0.2, 0) is 19.5 Å². The number of hydrogen-bond acceptors (Lipinski definition) is 6. The second kappa shape index (κ2) is 8.24. The molecule has 0 saturated carbocycles. The van der Waals surface area contributed by atoms with Crippen molar-refractivity contribution in [3.05, 3.63) is 29.3 Å². The van der Waals surface area contributed by atoms with Gasteiger partial charge in [0, 0.05) is 19.5 Å². The summed E-state index contributed by atoms with van der Waals surface area (Å²) in [4.78, 5) is 12.1. The van der Waals surface area contributed by atoms with Crippen LogP contribution in [0.15, 0.2) is 23.1 Å². The molecule has 0 aliphatic carbocycles. The molecule has 0 radical (unpaired) electrons. The van der Waals surface area contributed by atoms with E-state index < -0.39 is 16.0 Å². The summed E-state index contributed by atoms with van der Waals surface area (Å²) in [6.07, 6.45) is 0.755. The lowest BCUT2D eigenvalue weighted by atomic mass is 10.1. The van der Waals surface area contributed by atoms with E-state index >= 15 is 0 Å². The van der Waals surface area contributed by atoms with Gasteiger partial charge in [-0.1, -0.05) is 6.07 Å². The average molecular weight is 352 g/mol. The maximum absolute atomic E-state index is 12.8. The van der Waals surface area contributed by atoms with Crippen molar-refractivity contribution >= 4 is 16.0 Å². The van der Waals surface area contributed by atoms with Gasteiger partial charge >= 0.3 is 5.97 Å². The van der Waals surface area contributed by atoms with E-state index in [1.54, 1.807) is 19.1 Å². The van der Waals surface area contributed by atoms with Crippen molar-refractivity contribution in [1.82, 2.24) is 4.31 Å². The van der Waals surface area contributed by atoms with Gasteiger partial charge in [0.1, 0.15) is 0 Å². The first-order valence-corrected chi connectivity index (χ1v) is 9.13. The molecule has 7 nitrogen and oxygen atoms in total.